The van der Waals surface area contributed by atoms with Crippen LogP contribution in [-0.4, -0.2) is 42.5 Å². The smallest absolute Gasteiger partial charge is 0.339 e. The van der Waals surface area contributed by atoms with Gasteiger partial charge in [-0.2, -0.15) is 0 Å². The quantitative estimate of drug-likeness (QED) is 0.536. The Morgan fingerprint density at radius 2 is 1.97 bits per heavy atom. The van der Waals surface area contributed by atoms with Gasteiger partial charge in [0.05, 0.1) is 5.56 Å². The van der Waals surface area contributed by atoms with Crippen LogP contribution in [0.1, 0.15) is 41.6 Å². The second-order valence-electron chi connectivity index (χ2n) is 8.07. The van der Waals surface area contributed by atoms with Crippen LogP contribution < -0.4 is 5.32 Å². The van der Waals surface area contributed by atoms with Crippen LogP contribution in [-0.2, 0) is 15.1 Å². The lowest BCUT2D eigenvalue weighted by Gasteiger charge is -2.40. The number of carbonyl (C=O) groups excluding carboxylic acids is 2. The van der Waals surface area contributed by atoms with Crippen molar-refractivity contribution in [2.75, 3.05) is 5.32 Å². The van der Waals surface area contributed by atoms with Gasteiger partial charge in [-0.1, -0.05) is 0 Å². The van der Waals surface area contributed by atoms with E-state index in [9.17, 15) is 24.2 Å². The number of pyridine rings is 1. The number of anilines is 1. The van der Waals surface area contributed by atoms with Crippen LogP contribution >= 0.6 is 0 Å². The molecule has 1 saturated carbocycles. The van der Waals surface area contributed by atoms with Gasteiger partial charge in [0.2, 0.25) is 0 Å². The summed E-state index contributed by atoms with van der Waals surface area (Å²) in [5, 5.41) is 27.0. The zero-order chi connectivity index (χ0) is 22.5. The highest BCUT2D eigenvalue weighted by Gasteiger charge is 2.53. The summed E-state index contributed by atoms with van der Waals surface area (Å²) < 4.78 is 20.9. The molecule has 0 unspecified atom stereocenters. The van der Waals surface area contributed by atoms with Crippen molar-refractivity contribution < 1.29 is 28.9 Å². The van der Waals surface area contributed by atoms with Crippen LogP contribution in [0.3, 0.4) is 0 Å². The van der Waals surface area contributed by atoms with Gasteiger partial charge in [-0.3, -0.25) is 9.78 Å². The molecule has 32 heavy (non-hydrogen) atoms. The monoisotopic (exact) mass is 438 g/mol. The van der Waals surface area contributed by atoms with Crippen molar-refractivity contribution in [3.8, 4) is 11.4 Å². The Kier molecular flexibility index (Phi) is 4.48. The van der Waals surface area contributed by atoms with E-state index in [2.05, 4.69) is 15.4 Å². The summed E-state index contributed by atoms with van der Waals surface area (Å²) in [6.45, 7) is 0. The fourth-order valence-electron chi connectivity index (χ4n) is 4.33. The highest BCUT2D eigenvalue weighted by molar-refractivity contribution is 5.97. The minimum absolute atomic E-state index is 0.0771. The highest BCUT2D eigenvalue weighted by Crippen LogP contribution is 2.49. The lowest BCUT2D eigenvalue weighted by molar-refractivity contribution is -0.144. The average molecular weight is 438 g/mol. The number of halogens is 1. The summed E-state index contributed by atoms with van der Waals surface area (Å²) in [5.41, 5.74) is -1.32. The van der Waals surface area contributed by atoms with E-state index in [4.69, 9.17) is 4.74 Å². The molecule has 1 amide bonds. The van der Waals surface area contributed by atoms with Crippen LogP contribution in [0.25, 0.3) is 5.69 Å². The highest BCUT2D eigenvalue weighted by atomic mass is 19.1. The van der Waals surface area contributed by atoms with Crippen molar-refractivity contribution in [3.05, 3.63) is 65.9 Å². The van der Waals surface area contributed by atoms with E-state index in [0.29, 0.717) is 11.1 Å². The van der Waals surface area contributed by atoms with Gasteiger partial charge >= 0.3 is 5.97 Å². The van der Waals surface area contributed by atoms with Crippen LogP contribution in [0.15, 0.2) is 48.9 Å². The maximum atomic E-state index is 14.0. The summed E-state index contributed by atoms with van der Waals surface area (Å²) in [7, 11) is 0. The van der Waals surface area contributed by atoms with E-state index in [-0.39, 0.29) is 42.9 Å². The number of phenols is 1. The maximum Gasteiger partial charge on any atom is 0.339 e. The van der Waals surface area contributed by atoms with Crippen molar-refractivity contribution in [2.45, 2.75) is 36.9 Å². The molecular formula is C22H19FN4O5. The predicted molar refractivity (Wildman–Crippen MR) is 109 cm³/mol. The Hall–Kier alpha value is -3.79. The third-order valence-electron chi connectivity index (χ3n) is 6.14. The number of hydrogen-bond acceptors (Lipinski definition) is 7. The molecule has 9 nitrogen and oxygen atoms in total. The van der Waals surface area contributed by atoms with Gasteiger partial charge in [-0.05, 0) is 43.9 Å². The first-order valence-electron chi connectivity index (χ1n) is 10.1. The zero-order valence-corrected chi connectivity index (χ0v) is 16.8. The summed E-state index contributed by atoms with van der Waals surface area (Å²) in [6, 6.07) is 6.71. The van der Waals surface area contributed by atoms with Crippen molar-refractivity contribution in [1.29, 1.82) is 0 Å². The molecule has 3 N–H and O–H groups in total. The number of fused-ring (bicyclic) bond motifs is 2. The standard InChI is InChI=1S/C22H19FN4O5/c23-16-11-13(28)1-2-17(16)27-10-4-18(26-27)25-20(30)21(31)5-7-22(8-6-21)15-12-24-9-3-14(15)19(29)32-22/h1-4,9-12,28,31H,5-8H2,(H,25,26,30)/t21-,22+. The first-order valence-corrected chi connectivity index (χ1v) is 10.1. The third kappa shape index (κ3) is 3.19. The second-order valence-corrected chi connectivity index (χ2v) is 8.07. The number of nitrogens with one attached hydrogen (secondary N) is 1. The number of phenolic OH excluding ortho intramolecular Hbond substituents is 1. The number of nitrogens with zero attached hydrogens (tertiary/aromatic N) is 3. The molecular weight excluding hydrogens is 419 g/mol. The van der Waals surface area contributed by atoms with Crippen LogP contribution in [0.5, 0.6) is 5.75 Å². The van der Waals surface area contributed by atoms with Gasteiger partial charge in [0.25, 0.3) is 5.91 Å². The van der Waals surface area contributed by atoms with Gasteiger partial charge in [0.1, 0.15) is 22.6 Å². The molecule has 0 atom stereocenters. The van der Waals surface area contributed by atoms with E-state index >= 15 is 0 Å². The molecule has 1 spiro atoms. The van der Waals surface area contributed by atoms with Crippen molar-refractivity contribution in [2.24, 2.45) is 0 Å². The first kappa shape index (κ1) is 20.1. The number of esters is 1. The van der Waals surface area contributed by atoms with E-state index in [1.807, 2.05) is 0 Å². The minimum Gasteiger partial charge on any atom is -0.508 e. The number of benzene rings is 1. The summed E-state index contributed by atoms with van der Waals surface area (Å²) in [6.07, 6.45) is 5.27. The van der Waals surface area contributed by atoms with Gasteiger partial charge in [-0.15, -0.1) is 5.10 Å². The number of rotatable bonds is 3. The molecule has 0 radical (unpaired) electrons. The third-order valence-corrected chi connectivity index (χ3v) is 6.14. The molecule has 10 heteroatoms. The Morgan fingerprint density at radius 1 is 1.19 bits per heavy atom. The fourth-order valence-corrected chi connectivity index (χ4v) is 4.33. The summed E-state index contributed by atoms with van der Waals surface area (Å²) in [4.78, 5) is 29.1. The molecule has 3 heterocycles. The van der Waals surface area contributed by atoms with Crippen LogP contribution in [0.2, 0.25) is 0 Å². The largest absolute Gasteiger partial charge is 0.508 e. The van der Waals surface area contributed by atoms with E-state index in [0.717, 1.165) is 6.07 Å². The Labute approximate surface area is 181 Å². The number of carbonyl (C=O) groups is 2. The first-order chi connectivity index (χ1) is 15.3. The van der Waals surface area contributed by atoms with E-state index < -0.39 is 28.9 Å². The molecule has 1 aliphatic heterocycles. The van der Waals surface area contributed by atoms with Gasteiger partial charge in [-0.25, -0.2) is 13.9 Å². The Balaban J connectivity index is 1.29. The topological polar surface area (TPSA) is 127 Å². The van der Waals surface area contributed by atoms with Gasteiger partial charge < -0.3 is 20.3 Å². The van der Waals surface area contributed by atoms with Crippen LogP contribution in [0, 0.1) is 5.82 Å². The summed E-state index contributed by atoms with van der Waals surface area (Å²) in [5.74, 6) is -1.82. The maximum absolute atomic E-state index is 14.0. The lowest BCUT2D eigenvalue weighted by Crippen LogP contribution is -2.49. The summed E-state index contributed by atoms with van der Waals surface area (Å²) >= 11 is 0. The predicted octanol–water partition coefficient (Wildman–Crippen LogP) is 2.42. The average Bonchev–Trinajstić information content (AvgIpc) is 3.34. The SMILES string of the molecule is O=C1O[C@]2(CC[C@](O)(C(=O)Nc3ccn(-c4ccc(O)cc4F)n3)CC2)c2cnccc21. The number of aliphatic hydroxyl groups is 1. The molecule has 1 aliphatic carbocycles. The van der Waals surface area contributed by atoms with Gasteiger partial charge in [0, 0.05) is 36.3 Å². The molecule has 1 fully saturated rings. The number of hydrogen-bond donors (Lipinski definition) is 3. The normalized spacial score (nSPS) is 24.2. The second kappa shape index (κ2) is 7.13. The molecule has 5 rings (SSSR count). The number of aromatic nitrogens is 3. The van der Waals surface area contributed by atoms with E-state index in [1.165, 1.54) is 35.3 Å². The minimum atomic E-state index is -1.67. The molecule has 1 aromatic carbocycles. The van der Waals surface area contributed by atoms with Crippen molar-refractivity contribution >= 4 is 17.7 Å². The zero-order valence-electron chi connectivity index (χ0n) is 16.8. The Bertz CT molecular complexity index is 1230. The number of aromatic hydroxyl groups is 1. The molecule has 3 aromatic rings. The van der Waals surface area contributed by atoms with Crippen molar-refractivity contribution in [1.82, 2.24) is 14.8 Å². The Morgan fingerprint density at radius 3 is 2.72 bits per heavy atom. The van der Waals surface area contributed by atoms with Crippen molar-refractivity contribution in [3.63, 3.8) is 0 Å². The lowest BCUT2D eigenvalue weighted by atomic mass is 9.73. The number of ether oxygens (including phenoxy) is 1. The molecule has 2 aliphatic rings. The fraction of sp³-hybridized carbons (Fsp3) is 0.273. The molecule has 0 saturated heterocycles. The van der Waals surface area contributed by atoms with Gasteiger partial charge in [0.15, 0.2) is 11.6 Å². The molecule has 2 aromatic heterocycles. The molecule has 164 valence electrons. The number of amides is 1. The molecule has 0 bridgehead atoms. The van der Waals surface area contributed by atoms with E-state index in [1.54, 1.807) is 12.3 Å². The van der Waals surface area contributed by atoms with Crippen LogP contribution in [0.4, 0.5) is 10.2 Å².